The fourth-order valence-electron chi connectivity index (χ4n) is 3.41. The number of thioether (sulfide) groups is 1. The monoisotopic (exact) mass is 434 g/mol. The number of H-pyrrole nitrogens is 1. The smallest absolute Gasteiger partial charge is 0.324 e. The minimum atomic E-state index is -0.315. The maximum absolute atomic E-state index is 12.6. The van der Waals surface area contributed by atoms with Gasteiger partial charge in [-0.25, -0.2) is 4.79 Å². The number of anilines is 3. The van der Waals surface area contributed by atoms with E-state index >= 15 is 0 Å². The number of thiophene rings is 1. The van der Waals surface area contributed by atoms with Crippen LogP contribution in [0, 0.1) is 0 Å². The highest BCUT2D eigenvalue weighted by Crippen LogP contribution is 2.45. The van der Waals surface area contributed by atoms with Crippen LogP contribution in [0.2, 0.25) is 0 Å². The Morgan fingerprint density at radius 2 is 1.87 bits per heavy atom. The fraction of sp³-hybridized carbons (Fsp3) is 0.0909. The normalized spacial score (nSPS) is 13.3. The van der Waals surface area contributed by atoms with Crippen LogP contribution in [0.5, 0.6) is 0 Å². The molecule has 0 aliphatic carbocycles. The van der Waals surface area contributed by atoms with Gasteiger partial charge in [-0.15, -0.1) is 11.8 Å². The van der Waals surface area contributed by atoms with Crippen LogP contribution >= 0.6 is 23.1 Å². The zero-order valence-corrected chi connectivity index (χ0v) is 17.5. The van der Waals surface area contributed by atoms with Gasteiger partial charge >= 0.3 is 6.03 Å². The molecule has 0 atom stereocenters. The molecule has 1 aliphatic heterocycles. The van der Waals surface area contributed by atoms with E-state index in [4.69, 9.17) is 0 Å². The van der Waals surface area contributed by atoms with Gasteiger partial charge in [0.2, 0.25) is 5.91 Å². The highest BCUT2D eigenvalue weighted by Gasteiger charge is 2.28. The summed E-state index contributed by atoms with van der Waals surface area (Å²) in [6.07, 6.45) is 1.78. The average molecular weight is 435 g/mol. The van der Waals surface area contributed by atoms with Crippen molar-refractivity contribution in [1.82, 2.24) is 4.98 Å². The van der Waals surface area contributed by atoms with Gasteiger partial charge in [-0.3, -0.25) is 15.0 Å². The predicted octanol–water partition coefficient (Wildman–Crippen LogP) is 5.51. The summed E-state index contributed by atoms with van der Waals surface area (Å²) in [5, 5.41) is 8.33. The van der Waals surface area contributed by atoms with Gasteiger partial charge in [0.1, 0.15) is 5.00 Å². The van der Waals surface area contributed by atoms with Crippen LogP contribution in [0.3, 0.4) is 0 Å². The number of hydrogen-bond acceptors (Lipinski definition) is 4. The molecule has 0 saturated carbocycles. The number of rotatable bonds is 4. The van der Waals surface area contributed by atoms with Crippen molar-refractivity contribution in [1.29, 1.82) is 0 Å². The number of fused-ring (bicyclic) bond motifs is 2. The van der Waals surface area contributed by atoms with Crippen LogP contribution in [0.15, 0.2) is 71.8 Å². The molecule has 3 N–H and O–H groups in total. The third kappa shape index (κ3) is 3.67. The van der Waals surface area contributed by atoms with Crippen molar-refractivity contribution >= 4 is 61.6 Å². The molecule has 30 heavy (non-hydrogen) atoms. The number of benzene rings is 2. The molecule has 2 aromatic carbocycles. The van der Waals surface area contributed by atoms with Crippen LogP contribution in [0.4, 0.5) is 20.5 Å². The largest absolute Gasteiger partial charge is 0.359 e. The summed E-state index contributed by atoms with van der Waals surface area (Å²) in [4.78, 5) is 31.0. The maximum Gasteiger partial charge on any atom is 0.324 e. The molecule has 8 heteroatoms. The average Bonchev–Trinajstić information content (AvgIpc) is 3.35. The van der Waals surface area contributed by atoms with Crippen LogP contribution < -0.4 is 15.5 Å². The SMILES string of the molecule is O=C(Nc1cc2c(s1)N(Cc1ccccc1)C(=O)CS2)Nc1c[nH]c2ccccc12. The molecule has 0 fully saturated rings. The second-order valence-corrected chi connectivity index (χ2v) is 8.91. The Bertz CT molecular complexity index is 1230. The van der Waals surface area contributed by atoms with Gasteiger partial charge in [0.25, 0.3) is 0 Å². The van der Waals surface area contributed by atoms with E-state index in [9.17, 15) is 9.59 Å². The van der Waals surface area contributed by atoms with Gasteiger partial charge in [0.05, 0.1) is 23.0 Å². The molecule has 0 saturated heterocycles. The number of urea groups is 1. The summed E-state index contributed by atoms with van der Waals surface area (Å²) in [5.41, 5.74) is 2.76. The van der Waals surface area contributed by atoms with Gasteiger partial charge in [0.15, 0.2) is 0 Å². The number of carbonyl (C=O) groups excluding carboxylic acids is 2. The quantitative estimate of drug-likeness (QED) is 0.396. The molecule has 150 valence electrons. The first-order valence-electron chi connectivity index (χ1n) is 9.42. The Hall–Kier alpha value is -3.23. The standard InChI is InChI=1S/C22H18N4O2S2/c27-20-13-29-18-10-19(30-21(18)26(20)12-14-6-2-1-3-7-14)25-22(28)24-17-11-23-16-9-5-4-8-15(16)17/h1-11,23H,12-13H2,(H2,24,25,28). The Labute approximate surface area is 181 Å². The number of hydrogen-bond donors (Lipinski definition) is 3. The summed E-state index contributed by atoms with van der Waals surface area (Å²) in [7, 11) is 0. The highest BCUT2D eigenvalue weighted by molar-refractivity contribution is 8.00. The van der Waals surface area contributed by atoms with Crippen molar-refractivity contribution in [2.45, 2.75) is 11.4 Å². The lowest BCUT2D eigenvalue weighted by molar-refractivity contribution is -0.116. The fourth-order valence-corrected chi connectivity index (χ4v) is 5.63. The molecule has 0 unspecified atom stereocenters. The lowest BCUT2D eigenvalue weighted by atomic mass is 10.2. The van der Waals surface area contributed by atoms with Crippen molar-refractivity contribution in [3.05, 3.63) is 72.4 Å². The first kappa shape index (κ1) is 18.8. The van der Waals surface area contributed by atoms with Gasteiger partial charge in [0, 0.05) is 22.0 Å². The van der Waals surface area contributed by atoms with Crippen molar-refractivity contribution in [2.24, 2.45) is 0 Å². The minimum Gasteiger partial charge on any atom is -0.359 e. The summed E-state index contributed by atoms with van der Waals surface area (Å²) < 4.78 is 0. The first-order valence-corrected chi connectivity index (χ1v) is 11.2. The van der Waals surface area contributed by atoms with E-state index in [1.807, 2.05) is 60.7 Å². The van der Waals surface area contributed by atoms with E-state index in [-0.39, 0.29) is 11.9 Å². The molecule has 5 rings (SSSR count). The lowest BCUT2D eigenvalue weighted by Crippen LogP contribution is -2.33. The topological polar surface area (TPSA) is 77.2 Å². The van der Waals surface area contributed by atoms with Gasteiger partial charge in [-0.1, -0.05) is 59.9 Å². The number of nitrogens with one attached hydrogen (secondary N) is 3. The lowest BCUT2D eigenvalue weighted by Gasteiger charge is -2.26. The van der Waals surface area contributed by atoms with Crippen molar-refractivity contribution in [2.75, 3.05) is 21.3 Å². The van der Waals surface area contributed by atoms with Gasteiger partial charge in [-0.2, -0.15) is 0 Å². The highest BCUT2D eigenvalue weighted by atomic mass is 32.2. The summed E-state index contributed by atoms with van der Waals surface area (Å²) >= 11 is 2.92. The van der Waals surface area contributed by atoms with Crippen molar-refractivity contribution in [3.8, 4) is 0 Å². The minimum absolute atomic E-state index is 0.0768. The number of amides is 3. The molecule has 3 heterocycles. The van der Waals surface area contributed by atoms with Crippen LogP contribution in [-0.2, 0) is 11.3 Å². The number of carbonyl (C=O) groups is 2. The first-order chi connectivity index (χ1) is 14.7. The summed E-state index contributed by atoms with van der Waals surface area (Å²) in [5.74, 6) is 0.477. The molecule has 2 aromatic heterocycles. The molecule has 4 aromatic rings. The van der Waals surface area contributed by atoms with Crippen LogP contribution in [-0.4, -0.2) is 22.7 Å². The third-order valence-electron chi connectivity index (χ3n) is 4.83. The molecule has 0 spiro atoms. The van der Waals surface area contributed by atoms with E-state index in [0.717, 1.165) is 32.1 Å². The number of para-hydroxylation sites is 1. The number of aromatic nitrogens is 1. The Balaban J connectivity index is 1.33. The van der Waals surface area contributed by atoms with E-state index in [2.05, 4.69) is 15.6 Å². The summed E-state index contributed by atoms with van der Waals surface area (Å²) in [6.45, 7) is 0.523. The Morgan fingerprint density at radius 3 is 2.73 bits per heavy atom. The number of aromatic amines is 1. The maximum atomic E-state index is 12.6. The predicted molar refractivity (Wildman–Crippen MR) is 124 cm³/mol. The Kier molecular flexibility index (Phi) is 4.94. The number of nitrogens with zero attached hydrogens (tertiary/aromatic N) is 1. The zero-order chi connectivity index (χ0) is 20.5. The third-order valence-corrected chi connectivity index (χ3v) is 7.05. The van der Waals surface area contributed by atoms with Crippen molar-refractivity contribution < 1.29 is 9.59 Å². The van der Waals surface area contributed by atoms with Crippen molar-refractivity contribution in [3.63, 3.8) is 0 Å². The molecule has 3 amide bonds. The van der Waals surface area contributed by atoms with E-state index in [1.54, 1.807) is 11.1 Å². The van der Waals surface area contributed by atoms with Crippen LogP contribution in [0.25, 0.3) is 10.9 Å². The van der Waals surface area contributed by atoms with Crippen LogP contribution in [0.1, 0.15) is 5.56 Å². The molecular formula is C22H18N4O2S2. The van der Waals surface area contributed by atoms with Gasteiger partial charge < -0.3 is 10.3 Å². The zero-order valence-electron chi connectivity index (χ0n) is 15.8. The molecule has 6 nitrogen and oxygen atoms in total. The molecule has 1 aliphatic rings. The Morgan fingerprint density at radius 1 is 1.07 bits per heavy atom. The summed E-state index contributed by atoms with van der Waals surface area (Å²) in [6, 6.07) is 19.3. The molecular weight excluding hydrogens is 416 g/mol. The molecule has 0 radical (unpaired) electrons. The van der Waals surface area contributed by atoms with E-state index in [0.29, 0.717) is 17.3 Å². The van der Waals surface area contributed by atoms with Gasteiger partial charge in [-0.05, 0) is 17.7 Å². The van der Waals surface area contributed by atoms with E-state index in [1.165, 1.54) is 23.1 Å². The second-order valence-electron chi connectivity index (χ2n) is 6.86. The van der Waals surface area contributed by atoms with E-state index < -0.39 is 0 Å². The second kappa shape index (κ2) is 7.89. The molecule has 0 bridgehead atoms.